The number of H-pyrrole nitrogens is 1. The van der Waals surface area contributed by atoms with Gasteiger partial charge in [-0.15, -0.1) is 0 Å². The number of nitrogens with one attached hydrogen (secondary N) is 1. The number of para-hydroxylation sites is 2. The summed E-state index contributed by atoms with van der Waals surface area (Å²) < 4.78 is 37.6. The zero-order chi connectivity index (χ0) is 15.7. The van der Waals surface area contributed by atoms with Crippen LogP contribution >= 0.6 is 0 Å². The lowest BCUT2D eigenvalue weighted by atomic mass is 10.0. The first-order valence-corrected chi connectivity index (χ1v) is 6.80. The van der Waals surface area contributed by atoms with Crippen molar-refractivity contribution < 1.29 is 13.2 Å². The number of rotatable bonds is 3. The van der Waals surface area contributed by atoms with Gasteiger partial charge < -0.3 is 10.7 Å². The van der Waals surface area contributed by atoms with Gasteiger partial charge in [0.2, 0.25) is 0 Å². The molecule has 6 heteroatoms. The number of nitrogens with zero attached hydrogens (tertiary/aromatic N) is 1. The Morgan fingerprint density at radius 3 is 2.36 bits per heavy atom. The number of benzene rings is 2. The van der Waals surface area contributed by atoms with Crippen LogP contribution in [0.5, 0.6) is 0 Å². The fraction of sp³-hybridized carbons (Fsp3) is 0.188. The molecule has 114 valence electrons. The van der Waals surface area contributed by atoms with Gasteiger partial charge in [0.05, 0.1) is 22.6 Å². The predicted molar refractivity (Wildman–Crippen MR) is 78.2 cm³/mol. The summed E-state index contributed by atoms with van der Waals surface area (Å²) in [5, 5.41) is 0. The molecule has 0 radical (unpaired) electrons. The first kappa shape index (κ1) is 14.6. The molecule has 2 aromatic carbocycles. The van der Waals surface area contributed by atoms with Crippen LogP contribution in [0.15, 0.2) is 48.5 Å². The van der Waals surface area contributed by atoms with Crippen LogP contribution in [-0.2, 0) is 12.6 Å². The van der Waals surface area contributed by atoms with Gasteiger partial charge >= 0.3 is 6.18 Å². The van der Waals surface area contributed by atoms with Crippen LogP contribution < -0.4 is 5.73 Å². The molecule has 3 N–H and O–H groups in total. The third-order valence-electron chi connectivity index (χ3n) is 3.50. The van der Waals surface area contributed by atoms with Gasteiger partial charge in [-0.3, -0.25) is 0 Å². The molecule has 22 heavy (non-hydrogen) atoms. The molecule has 1 heterocycles. The molecule has 0 saturated heterocycles. The van der Waals surface area contributed by atoms with E-state index in [0.29, 0.717) is 12.2 Å². The summed E-state index contributed by atoms with van der Waals surface area (Å²) in [6.45, 7) is 0. The van der Waals surface area contributed by atoms with Crippen molar-refractivity contribution in [3.8, 4) is 0 Å². The fourth-order valence-electron chi connectivity index (χ4n) is 2.33. The predicted octanol–water partition coefficient (Wildman–Crippen LogP) is 3.82. The molecule has 1 aromatic heterocycles. The van der Waals surface area contributed by atoms with Gasteiger partial charge in [0.15, 0.2) is 0 Å². The summed E-state index contributed by atoms with van der Waals surface area (Å²) in [5.41, 5.74) is 7.89. The van der Waals surface area contributed by atoms with Gasteiger partial charge in [-0.1, -0.05) is 24.3 Å². The first-order valence-electron chi connectivity index (χ1n) is 6.80. The fourth-order valence-corrected chi connectivity index (χ4v) is 2.33. The summed E-state index contributed by atoms with van der Waals surface area (Å²) in [4.78, 5) is 7.54. The van der Waals surface area contributed by atoms with Crippen molar-refractivity contribution in [1.82, 2.24) is 9.97 Å². The summed E-state index contributed by atoms with van der Waals surface area (Å²) >= 11 is 0. The Balaban J connectivity index is 1.77. The van der Waals surface area contributed by atoms with Crippen LogP contribution in [0.25, 0.3) is 11.0 Å². The van der Waals surface area contributed by atoms with Crippen molar-refractivity contribution in [2.75, 3.05) is 0 Å². The average Bonchev–Trinajstić information content (AvgIpc) is 2.91. The van der Waals surface area contributed by atoms with Crippen molar-refractivity contribution in [1.29, 1.82) is 0 Å². The van der Waals surface area contributed by atoms with Gasteiger partial charge in [0, 0.05) is 0 Å². The number of halogens is 3. The van der Waals surface area contributed by atoms with Crippen molar-refractivity contribution in [3.63, 3.8) is 0 Å². The summed E-state index contributed by atoms with van der Waals surface area (Å²) in [7, 11) is 0. The molecular weight excluding hydrogens is 291 g/mol. The Kier molecular flexibility index (Phi) is 3.62. The van der Waals surface area contributed by atoms with E-state index in [0.717, 1.165) is 28.7 Å². The van der Waals surface area contributed by atoms with E-state index in [-0.39, 0.29) is 0 Å². The maximum Gasteiger partial charge on any atom is 0.416 e. The Bertz CT molecular complexity index is 742. The minimum absolute atomic E-state index is 0.399. The van der Waals surface area contributed by atoms with Crippen LogP contribution in [0, 0.1) is 0 Å². The van der Waals surface area contributed by atoms with E-state index < -0.39 is 17.8 Å². The summed E-state index contributed by atoms with van der Waals surface area (Å²) in [6, 6.07) is 12.2. The number of aromatic nitrogens is 2. The van der Waals surface area contributed by atoms with Crippen molar-refractivity contribution in [3.05, 3.63) is 65.5 Å². The van der Waals surface area contributed by atoms with E-state index in [9.17, 15) is 13.2 Å². The highest BCUT2D eigenvalue weighted by atomic mass is 19.4. The third-order valence-corrected chi connectivity index (χ3v) is 3.50. The van der Waals surface area contributed by atoms with Crippen LogP contribution in [0.1, 0.15) is 23.0 Å². The largest absolute Gasteiger partial charge is 0.416 e. The molecule has 0 aliphatic heterocycles. The standard InChI is InChI=1S/C16H14F3N3/c17-16(18,19)11-7-5-10(6-8-11)9-12(20)15-21-13-3-1-2-4-14(13)22-15/h1-8,12H,9,20H2,(H,21,22)/t12-/m1/s1. The maximum absolute atomic E-state index is 12.5. The molecule has 0 amide bonds. The lowest BCUT2D eigenvalue weighted by molar-refractivity contribution is -0.137. The second kappa shape index (κ2) is 5.46. The van der Waals surface area contributed by atoms with Crippen LogP contribution in [0.4, 0.5) is 13.2 Å². The smallest absolute Gasteiger partial charge is 0.341 e. The highest BCUT2D eigenvalue weighted by molar-refractivity contribution is 5.74. The maximum atomic E-state index is 12.5. The number of aromatic amines is 1. The van der Waals surface area contributed by atoms with Crippen LogP contribution in [0.2, 0.25) is 0 Å². The summed E-state index contributed by atoms with van der Waals surface area (Å²) in [5.74, 6) is 0.626. The molecule has 0 bridgehead atoms. The molecule has 3 aromatic rings. The quantitative estimate of drug-likeness (QED) is 0.773. The number of hydrogen-bond acceptors (Lipinski definition) is 2. The number of imidazole rings is 1. The Labute approximate surface area is 125 Å². The van der Waals surface area contributed by atoms with Crippen molar-refractivity contribution in [2.45, 2.75) is 18.6 Å². The highest BCUT2D eigenvalue weighted by Crippen LogP contribution is 2.29. The molecule has 0 aliphatic carbocycles. The molecule has 0 unspecified atom stereocenters. The molecule has 3 rings (SSSR count). The van der Waals surface area contributed by atoms with Gasteiger partial charge in [-0.05, 0) is 36.2 Å². The van der Waals surface area contributed by atoms with E-state index in [1.807, 2.05) is 24.3 Å². The molecular formula is C16H14F3N3. The molecule has 0 saturated carbocycles. The van der Waals surface area contributed by atoms with E-state index in [1.165, 1.54) is 12.1 Å². The molecule has 0 aliphatic rings. The van der Waals surface area contributed by atoms with Gasteiger partial charge in [0.1, 0.15) is 5.82 Å². The second-order valence-electron chi connectivity index (χ2n) is 5.14. The summed E-state index contributed by atoms with van der Waals surface area (Å²) in [6.07, 6.45) is -3.91. The van der Waals surface area contributed by atoms with Crippen LogP contribution in [0.3, 0.4) is 0 Å². The second-order valence-corrected chi connectivity index (χ2v) is 5.14. The molecule has 0 fully saturated rings. The first-order chi connectivity index (χ1) is 10.4. The SMILES string of the molecule is N[C@H](Cc1ccc(C(F)(F)F)cc1)c1nc2ccccc2[nH]1. The number of fused-ring (bicyclic) bond motifs is 1. The molecule has 0 spiro atoms. The number of alkyl halides is 3. The highest BCUT2D eigenvalue weighted by Gasteiger charge is 2.30. The minimum Gasteiger partial charge on any atom is -0.341 e. The Morgan fingerprint density at radius 1 is 1.05 bits per heavy atom. The van der Waals surface area contributed by atoms with Crippen molar-refractivity contribution >= 4 is 11.0 Å². The van der Waals surface area contributed by atoms with E-state index in [2.05, 4.69) is 9.97 Å². The lowest BCUT2D eigenvalue weighted by Gasteiger charge is -2.10. The Morgan fingerprint density at radius 2 is 1.73 bits per heavy atom. The zero-order valence-electron chi connectivity index (χ0n) is 11.6. The van der Waals surface area contributed by atoms with E-state index >= 15 is 0 Å². The topological polar surface area (TPSA) is 54.7 Å². The minimum atomic E-state index is -4.32. The van der Waals surface area contributed by atoms with Gasteiger partial charge in [-0.25, -0.2) is 4.98 Å². The van der Waals surface area contributed by atoms with Gasteiger partial charge in [0.25, 0.3) is 0 Å². The van der Waals surface area contributed by atoms with Crippen LogP contribution in [-0.4, -0.2) is 9.97 Å². The monoisotopic (exact) mass is 305 g/mol. The normalized spacial score (nSPS) is 13.5. The number of hydrogen-bond donors (Lipinski definition) is 2. The molecule has 1 atom stereocenters. The van der Waals surface area contributed by atoms with E-state index in [1.54, 1.807) is 0 Å². The number of nitrogens with two attached hydrogens (primary N) is 1. The lowest BCUT2D eigenvalue weighted by Crippen LogP contribution is -2.15. The zero-order valence-corrected chi connectivity index (χ0v) is 11.6. The van der Waals surface area contributed by atoms with Crippen molar-refractivity contribution in [2.24, 2.45) is 5.73 Å². The molecule has 3 nitrogen and oxygen atoms in total. The third kappa shape index (κ3) is 2.96. The van der Waals surface area contributed by atoms with E-state index in [4.69, 9.17) is 5.73 Å². The Hall–Kier alpha value is -2.34. The van der Waals surface area contributed by atoms with Gasteiger partial charge in [-0.2, -0.15) is 13.2 Å². The average molecular weight is 305 g/mol.